The SMILES string of the molecule is OC(COc1ccc(Cl)cc1)CSc1nnnn1-c1ccccc1. The standard InChI is InChI=1S/C16H15ClN4O2S/c17-12-6-8-15(9-7-12)23-10-14(22)11-24-16-18-19-20-21(16)13-4-2-1-3-5-13/h1-9,14,22H,10-11H2. The summed E-state index contributed by atoms with van der Waals surface area (Å²) in [6, 6.07) is 16.6. The molecule has 6 nitrogen and oxygen atoms in total. The van der Waals surface area contributed by atoms with Gasteiger partial charge in [-0.25, -0.2) is 0 Å². The van der Waals surface area contributed by atoms with Gasteiger partial charge >= 0.3 is 0 Å². The number of nitrogens with zero attached hydrogens (tertiary/aromatic N) is 4. The van der Waals surface area contributed by atoms with Crippen LogP contribution in [0.3, 0.4) is 0 Å². The normalized spacial score (nSPS) is 12.1. The highest BCUT2D eigenvalue weighted by Crippen LogP contribution is 2.20. The predicted molar refractivity (Wildman–Crippen MR) is 92.8 cm³/mol. The van der Waals surface area contributed by atoms with Gasteiger partial charge in [-0.1, -0.05) is 41.6 Å². The Labute approximate surface area is 148 Å². The molecule has 0 aliphatic rings. The monoisotopic (exact) mass is 362 g/mol. The Morgan fingerprint density at radius 2 is 1.88 bits per heavy atom. The van der Waals surface area contributed by atoms with Gasteiger partial charge in [-0.3, -0.25) is 0 Å². The Bertz CT molecular complexity index is 767. The second-order valence-electron chi connectivity index (χ2n) is 4.94. The molecule has 1 aromatic heterocycles. The molecule has 1 unspecified atom stereocenters. The molecule has 0 amide bonds. The second kappa shape index (κ2) is 8.14. The maximum atomic E-state index is 10.1. The summed E-state index contributed by atoms with van der Waals surface area (Å²) in [4.78, 5) is 0. The maximum absolute atomic E-state index is 10.1. The molecule has 0 spiro atoms. The van der Waals surface area contributed by atoms with E-state index in [0.29, 0.717) is 21.7 Å². The average Bonchev–Trinajstić information content (AvgIpc) is 3.09. The largest absolute Gasteiger partial charge is 0.491 e. The summed E-state index contributed by atoms with van der Waals surface area (Å²) < 4.78 is 7.16. The van der Waals surface area contributed by atoms with E-state index in [1.807, 2.05) is 30.3 Å². The van der Waals surface area contributed by atoms with Gasteiger partial charge in [0.05, 0.1) is 11.8 Å². The Hall–Kier alpha value is -2.09. The van der Waals surface area contributed by atoms with E-state index in [1.165, 1.54) is 11.8 Å². The van der Waals surface area contributed by atoms with E-state index in [2.05, 4.69) is 15.5 Å². The third kappa shape index (κ3) is 4.47. The van der Waals surface area contributed by atoms with Crippen LogP contribution in [0.5, 0.6) is 5.75 Å². The van der Waals surface area contributed by atoms with Gasteiger partial charge in [-0.2, -0.15) is 4.68 Å². The zero-order chi connectivity index (χ0) is 16.8. The lowest BCUT2D eigenvalue weighted by molar-refractivity contribution is 0.126. The van der Waals surface area contributed by atoms with Crippen LogP contribution in [0.1, 0.15) is 0 Å². The van der Waals surface area contributed by atoms with E-state index in [-0.39, 0.29) is 6.61 Å². The lowest BCUT2D eigenvalue weighted by Crippen LogP contribution is -2.20. The molecule has 0 aliphatic heterocycles. The third-order valence-electron chi connectivity index (χ3n) is 3.10. The number of thioether (sulfide) groups is 1. The van der Waals surface area contributed by atoms with Crippen molar-refractivity contribution in [2.24, 2.45) is 0 Å². The summed E-state index contributed by atoms with van der Waals surface area (Å²) >= 11 is 7.19. The maximum Gasteiger partial charge on any atom is 0.214 e. The molecule has 0 fully saturated rings. The summed E-state index contributed by atoms with van der Waals surface area (Å²) in [5, 5.41) is 23.0. The lowest BCUT2D eigenvalue weighted by Gasteiger charge is -2.12. The number of aromatic nitrogens is 4. The molecule has 0 radical (unpaired) electrons. The number of tetrazole rings is 1. The van der Waals surface area contributed by atoms with Crippen LogP contribution >= 0.6 is 23.4 Å². The molecule has 1 N–H and O–H groups in total. The fourth-order valence-electron chi connectivity index (χ4n) is 1.94. The molecule has 0 bridgehead atoms. The fourth-order valence-corrected chi connectivity index (χ4v) is 2.86. The molecule has 124 valence electrons. The molecular weight excluding hydrogens is 348 g/mol. The van der Waals surface area contributed by atoms with Gasteiger partial charge in [0, 0.05) is 10.8 Å². The van der Waals surface area contributed by atoms with Crippen LogP contribution in [0.4, 0.5) is 0 Å². The van der Waals surface area contributed by atoms with Crippen molar-refractivity contribution in [3.8, 4) is 11.4 Å². The molecule has 2 aromatic carbocycles. The van der Waals surface area contributed by atoms with Crippen molar-refractivity contribution in [3.05, 3.63) is 59.6 Å². The number of para-hydroxylation sites is 1. The van der Waals surface area contributed by atoms with Crippen molar-refractivity contribution in [3.63, 3.8) is 0 Å². The topological polar surface area (TPSA) is 73.1 Å². The number of aliphatic hydroxyl groups excluding tert-OH is 1. The van der Waals surface area contributed by atoms with E-state index in [9.17, 15) is 5.11 Å². The first-order valence-corrected chi connectivity index (χ1v) is 8.62. The number of hydrogen-bond donors (Lipinski definition) is 1. The minimum Gasteiger partial charge on any atom is -0.491 e. The van der Waals surface area contributed by atoms with Gasteiger partial charge in [0.25, 0.3) is 0 Å². The third-order valence-corrected chi connectivity index (χ3v) is 4.42. The van der Waals surface area contributed by atoms with E-state index >= 15 is 0 Å². The van der Waals surface area contributed by atoms with Crippen LogP contribution in [0, 0.1) is 0 Å². The molecule has 3 aromatic rings. The van der Waals surface area contributed by atoms with Crippen LogP contribution in [-0.2, 0) is 0 Å². The van der Waals surface area contributed by atoms with Crippen molar-refractivity contribution in [1.29, 1.82) is 0 Å². The summed E-state index contributed by atoms with van der Waals surface area (Å²) in [7, 11) is 0. The smallest absolute Gasteiger partial charge is 0.214 e. The Morgan fingerprint density at radius 3 is 2.62 bits per heavy atom. The van der Waals surface area contributed by atoms with Crippen LogP contribution in [-0.4, -0.2) is 43.8 Å². The van der Waals surface area contributed by atoms with Crippen molar-refractivity contribution < 1.29 is 9.84 Å². The summed E-state index contributed by atoms with van der Waals surface area (Å²) in [5.41, 5.74) is 0.872. The number of hydrogen-bond acceptors (Lipinski definition) is 6. The summed E-state index contributed by atoms with van der Waals surface area (Å²) in [6.45, 7) is 0.182. The minimum atomic E-state index is -0.647. The number of aliphatic hydroxyl groups is 1. The van der Waals surface area contributed by atoms with Crippen LogP contribution < -0.4 is 4.74 Å². The van der Waals surface area contributed by atoms with Crippen molar-refractivity contribution in [2.45, 2.75) is 11.3 Å². The zero-order valence-electron chi connectivity index (χ0n) is 12.6. The van der Waals surface area contributed by atoms with Crippen LogP contribution in [0.2, 0.25) is 5.02 Å². The van der Waals surface area contributed by atoms with Gasteiger partial charge < -0.3 is 9.84 Å². The minimum absolute atomic E-state index is 0.182. The number of benzene rings is 2. The van der Waals surface area contributed by atoms with Gasteiger partial charge in [-0.15, -0.1) is 5.10 Å². The number of rotatable bonds is 7. The molecule has 0 aliphatic carbocycles. The predicted octanol–water partition coefficient (Wildman–Crippen LogP) is 2.85. The Balaban J connectivity index is 1.53. The van der Waals surface area contributed by atoms with E-state index in [0.717, 1.165) is 5.69 Å². The highest BCUT2D eigenvalue weighted by molar-refractivity contribution is 7.99. The molecule has 1 heterocycles. The number of halogens is 1. The summed E-state index contributed by atoms with van der Waals surface area (Å²) in [6.07, 6.45) is -0.647. The Morgan fingerprint density at radius 1 is 1.12 bits per heavy atom. The quantitative estimate of drug-likeness (QED) is 0.651. The van der Waals surface area contributed by atoms with Crippen LogP contribution in [0.25, 0.3) is 5.69 Å². The van der Waals surface area contributed by atoms with Gasteiger partial charge in [-0.05, 0) is 46.8 Å². The highest BCUT2D eigenvalue weighted by atomic mass is 35.5. The number of ether oxygens (including phenoxy) is 1. The van der Waals surface area contributed by atoms with Gasteiger partial charge in [0.15, 0.2) is 0 Å². The highest BCUT2D eigenvalue weighted by Gasteiger charge is 2.12. The first-order chi connectivity index (χ1) is 11.7. The van der Waals surface area contributed by atoms with Gasteiger partial charge in [0.2, 0.25) is 5.16 Å². The van der Waals surface area contributed by atoms with E-state index in [4.69, 9.17) is 16.3 Å². The first-order valence-electron chi connectivity index (χ1n) is 7.25. The lowest BCUT2D eigenvalue weighted by atomic mass is 10.3. The molecule has 8 heteroatoms. The molecule has 0 saturated heterocycles. The van der Waals surface area contributed by atoms with Crippen molar-refractivity contribution in [2.75, 3.05) is 12.4 Å². The fraction of sp³-hybridized carbons (Fsp3) is 0.188. The molecule has 24 heavy (non-hydrogen) atoms. The second-order valence-corrected chi connectivity index (χ2v) is 6.36. The molecule has 1 atom stereocenters. The van der Waals surface area contributed by atoms with E-state index in [1.54, 1.807) is 28.9 Å². The summed E-state index contributed by atoms with van der Waals surface area (Å²) in [5.74, 6) is 1.08. The average molecular weight is 363 g/mol. The zero-order valence-corrected chi connectivity index (χ0v) is 14.2. The van der Waals surface area contributed by atoms with Crippen molar-refractivity contribution >= 4 is 23.4 Å². The Kier molecular flexibility index (Phi) is 5.68. The van der Waals surface area contributed by atoms with E-state index < -0.39 is 6.10 Å². The van der Waals surface area contributed by atoms with Gasteiger partial charge in [0.1, 0.15) is 12.4 Å². The molecular formula is C16H15ClN4O2S. The first kappa shape index (κ1) is 16.8. The van der Waals surface area contributed by atoms with Crippen molar-refractivity contribution in [1.82, 2.24) is 20.2 Å². The van der Waals surface area contributed by atoms with Crippen LogP contribution in [0.15, 0.2) is 59.8 Å². The molecule has 0 saturated carbocycles. The molecule has 3 rings (SSSR count).